The average Bonchev–Trinajstić information content (AvgIpc) is 3.63. The maximum atomic E-state index is 2.43. The number of aromatic nitrogens is 1. The molecule has 1 nitrogen and oxygen atoms in total. The van der Waals surface area contributed by atoms with Gasteiger partial charge in [-0.25, -0.2) is 0 Å². The molecule has 0 fully saturated rings. The zero-order chi connectivity index (χ0) is 29.0. The lowest BCUT2D eigenvalue weighted by molar-refractivity contribution is 1.18. The van der Waals surface area contributed by atoms with Crippen molar-refractivity contribution in [2.24, 2.45) is 0 Å². The summed E-state index contributed by atoms with van der Waals surface area (Å²) in [4.78, 5) is 0. The molecule has 2 aromatic heterocycles. The Morgan fingerprint density at radius 3 is 1.50 bits per heavy atom. The van der Waals surface area contributed by atoms with Gasteiger partial charge in [-0.1, -0.05) is 109 Å². The second-order valence-corrected chi connectivity index (χ2v) is 12.5. The molecule has 9 aromatic rings. The van der Waals surface area contributed by atoms with Crippen LogP contribution in [0.25, 0.3) is 81.0 Å². The highest BCUT2D eigenvalue weighted by Gasteiger charge is 2.16. The SMILES string of the molecule is c1ccc(-c2ccc3c(c2)c2cc(-c4ccccc4)ccc2n3-c2cccc(-c3ccc4sc5ccccc5c4c3)c2)cc1. The van der Waals surface area contributed by atoms with Gasteiger partial charge in [-0.3, -0.25) is 0 Å². The van der Waals surface area contributed by atoms with E-state index in [1.807, 2.05) is 11.3 Å². The molecule has 0 saturated carbocycles. The van der Waals surface area contributed by atoms with Gasteiger partial charge in [0.2, 0.25) is 0 Å². The molecule has 0 unspecified atom stereocenters. The third kappa shape index (κ3) is 4.07. The molecular weight excluding hydrogens is 551 g/mol. The second kappa shape index (κ2) is 10.1. The maximum Gasteiger partial charge on any atom is 0.0541 e. The van der Waals surface area contributed by atoms with Crippen molar-refractivity contribution < 1.29 is 0 Å². The Labute approximate surface area is 259 Å². The van der Waals surface area contributed by atoms with Crippen LogP contribution in [-0.4, -0.2) is 4.57 Å². The highest BCUT2D eigenvalue weighted by atomic mass is 32.1. The number of hydrogen-bond donors (Lipinski definition) is 0. The largest absolute Gasteiger partial charge is 0.309 e. The van der Waals surface area contributed by atoms with Gasteiger partial charge in [-0.2, -0.15) is 0 Å². The molecule has 0 radical (unpaired) electrons. The van der Waals surface area contributed by atoms with Crippen molar-refractivity contribution in [2.45, 2.75) is 0 Å². The summed E-state index contributed by atoms with van der Waals surface area (Å²) in [5, 5.41) is 5.18. The minimum Gasteiger partial charge on any atom is -0.309 e. The molecule has 0 amide bonds. The molecule has 44 heavy (non-hydrogen) atoms. The van der Waals surface area contributed by atoms with E-state index < -0.39 is 0 Å². The number of benzene rings is 7. The summed E-state index contributed by atoms with van der Waals surface area (Å²) >= 11 is 1.86. The van der Waals surface area contributed by atoms with Crippen molar-refractivity contribution in [1.82, 2.24) is 4.57 Å². The first kappa shape index (κ1) is 25.1. The average molecular weight is 578 g/mol. The van der Waals surface area contributed by atoms with Gasteiger partial charge in [0.05, 0.1) is 11.0 Å². The number of fused-ring (bicyclic) bond motifs is 6. The van der Waals surface area contributed by atoms with Crippen molar-refractivity contribution >= 4 is 53.3 Å². The third-order valence-electron chi connectivity index (χ3n) is 8.79. The lowest BCUT2D eigenvalue weighted by Crippen LogP contribution is -1.94. The van der Waals surface area contributed by atoms with Crippen molar-refractivity contribution in [1.29, 1.82) is 0 Å². The van der Waals surface area contributed by atoms with Crippen molar-refractivity contribution in [3.05, 3.63) is 164 Å². The Morgan fingerprint density at radius 1 is 0.318 bits per heavy atom. The van der Waals surface area contributed by atoms with E-state index in [4.69, 9.17) is 0 Å². The Kier molecular flexibility index (Phi) is 5.75. The molecule has 0 aliphatic heterocycles. The number of nitrogens with zero attached hydrogens (tertiary/aromatic N) is 1. The van der Waals surface area contributed by atoms with Crippen LogP contribution in [0.15, 0.2) is 164 Å². The van der Waals surface area contributed by atoms with E-state index in [2.05, 4.69) is 168 Å². The van der Waals surface area contributed by atoms with E-state index in [9.17, 15) is 0 Å². The molecular formula is C42H27NS. The summed E-state index contributed by atoms with van der Waals surface area (Å²) in [6, 6.07) is 59.7. The van der Waals surface area contributed by atoms with Crippen LogP contribution in [0.2, 0.25) is 0 Å². The molecule has 0 bridgehead atoms. The van der Waals surface area contributed by atoms with Gasteiger partial charge in [0.15, 0.2) is 0 Å². The molecule has 0 spiro atoms. The molecule has 0 aliphatic carbocycles. The first-order valence-corrected chi connectivity index (χ1v) is 15.8. The molecule has 0 aliphatic rings. The lowest BCUT2D eigenvalue weighted by atomic mass is 10.0. The highest BCUT2D eigenvalue weighted by molar-refractivity contribution is 7.25. The normalized spacial score (nSPS) is 11.6. The Morgan fingerprint density at radius 2 is 0.818 bits per heavy atom. The van der Waals surface area contributed by atoms with Crippen LogP contribution < -0.4 is 0 Å². The monoisotopic (exact) mass is 577 g/mol. The third-order valence-corrected chi connectivity index (χ3v) is 9.95. The van der Waals surface area contributed by atoms with E-state index in [1.165, 1.54) is 75.4 Å². The molecule has 2 heteroatoms. The standard InChI is InChI=1S/C42H27NS/c1-3-10-28(11-4-1)31-18-21-39-36(25-31)37-26-32(29-12-5-2-6-13-29)19-22-40(37)43(39)34-15-9-14-30(24-34)33-20-23-42-38(27-33)35-16-7-8-17-41(35)44-42/h1-27H. The summed E-state index contributed by atoms with van der Waals surface area (Å²) in [6.07, 6.45) is 0. The van der Waals surface area contributed by atoms with Crippen LogP contribution in [0.3, 0.4) is 0 Å². The Balaban J connectivity index is 1.25. The predicted molar refractivity (Wildman–Crippen MR) is 190 cm³/mol. The minimum atomic E-state index is 1.16. The van der Waals surface area contributed by atoms with Crippen LogP contribution in [0.1, 0.15) is 0 Å². The minimum absolute atomic E-state index is 1.16. The lowest BCUT2D eigenvalue weighted by Gasteiger charge is -2.11. The van der Waals surface area contributed by atoms with Gasteiger partial charge in [0.1, 0.15) is 0 Å². The van der Waals surface area contributed by atoms with E-state index in [1.54, 1.807) is 0 Å². The van der Waals surface area contributed by atoms with Gasteiger partial charge in [-0.15, -0.1) is 11.3 Å². The summed E-state index contributed by atoms with van der Waals surface area (Å²) in [6.45, 7) is 0. The van der Waals surface area contributed by atoms with Crippen molar-refractivity contribution in [3.8, 4) is 39.1 Å². The Bertz CT molecular complexity index is 2390. The molecule has 206 valence electrons. The van der Waals surface area contributed by atoms with E-state index >= 15 is 0 Å². The Hall–Kier alpha value is -5.44. The smallest absolute Gasteiger partial charge is 0.0541 e. The molecule has 2 heterocycles. The highest BCUT2D eigenvalue weighted by Crippen LogP contribution is 2.39. The number of rotatable bonds is 4. The van der Waals surface area contributed by atoms with Crippen LogP contribution in [0, 0.1) is 0 Å². The van der Waals surface area contributed by atoms with Gasteiger partial charge < -0.3 is 4.57 Å². The second-order valence-electron chi connectivity index (χ2n) is 11.4. The summed E-state index contributed by atoms with van der Waals surface area (Å²) in [7, 11) is 0. The molecule has 9 rings (SSSR count). The molecule has 7 aromatic carbocycles. The number of thiophene rings is 1. The quantitative estimate of drug-likeness (QED) is 0.196. The first-order valence-electron chi connectivity index (χ1n) is 15.0. The summed E-state index contributed by atoms with van der Waals surface area (Å²) in [5.74, 6) is 0. The van der Waals surface area contributed by atoms with E-state index in [-0.39, 0.29) is 0 Å². The fraction of sp³-hybridized carbons (Fsp3) is 0. The number of hydrogen-bond acceptors (Lipinski definition) is 1. The van der Waals surface area contributed by atoms with Crippen LogP contribution in [-0.2, 0) is 0 Å². The van der Waals surface area contributed by atoms with Crippen LogP contribution >= 0.6 is 11.3 Å². The zero-order valence-electron chi connectivity index (χ0n) is 23.9. The van der Waals surface area contributed by atoms with Crippen LogP contribution in [0.5, 0.6) is 0 Å². The van der Waals surface area contributed by atoms with Gasteiger partial charge in [-0.05, 0) is 88.0 Å². The fourth-order valence-electron chi connectivity index (χ4n) is 6.65. The predicted octanol–water partition coefficient (Wildman–Crippen LogP) is 12.2. The van der Waals surface area contributed by atoms with Crippen molar-refractivity contribution in [3.63, 3.8) is 0 Å². The fourth-order valence-corrected chi connectivity index (χ4v) is 7.74. The van der Waals surface area contributed by atoms with E-state index in [0.29, 0.717) is 0 Å². The summed E-state index contributed by atoms with van der Waals surface area (Å²) in [5.41, 5.74) is 11.0. The van der Waals surface area contributed by atoms with Gasteiger partial charge in [0, 0.05) is 36.6 Å². The molecule has 0 N–H and O–H groups in total. The first-order chi connectivity index (χ1) is 21.8. The zero-order valence-corrected chi connectivity index (χ0v) is 24.8. The van der Waals surface area contributed by atoms with E-state index in [0.717, 1.165) is 5.69 Å². The molecule has 0 saturated heterocycles. The molecule has 0 atom stereocenters. The van der Waals surface area contributed by atoms with Crippen LogP contribution in [0.4, 0.5) is 0 Å². The topological polar surface area (TPSA) is 4.93 Å². The maximum absolute atomic E-state index is 2.43. The van der Waals surface area contributed by atoms with Gasteiger partial charge >= 0.3 is 0 Å². The summed E-state index contributed by atoms with van der Waals surface area (Å²) < 4.78 is 5.09. The van der Waals surface area contributed by atoms with Crippen molar-refractivity contribution in [2.75, 3.05) is 0 Å². The van der Waals surface area contributed by atoms with Gasteiger partial charge in [0.25, 0.3) is 0 Å².